The van der Waals surface area contributed by atoms with Crippen molar-refractivity contribution in [2.75, 3.05) is 19.0 Å². The zero-order valence-electron chi connectivity index (χ0n) is 24.5. The lowest BCUT2D eigenvalue weighted by Crippen LogP contribution is -2.20. The second-order valence-electron chi connectivity index (χ2n) is 11.1. The molecule has 10 heteroatoms. The molecule has 43 heavy (non-hydrogen) atoms. The number of fused-ring (bicyclic) bond motifs is 4. The molecular weight excluding hydrogens is 559 g/mol. The summed E-state index contributed by atoms with van der Waals surface area (Å²) < 4.78 is 52.3. The molecule has 0 saturated carbocycles. The van der Waals surface area contributed by atoms with Crippen LogP contribution in [0.25, 0.3) is 45.1 Å². The van der Waals surface area contributed by atoms with Gasteiger partial charge in [-0.1, -0.05) is 0 Å². The van der Waals surface area contributed by atoms with Crippen molar-refractivity contribution < 1.29 is 22.0 Å². The van der Waals surface area contributed by atoms with Gasteiger partial charge in [-0.05, 0) is 88.1 Å². The van der Waals surface area contributed by atoms with Gasteiger partial charge >= 0.3 is 6.18 Å². The highest BCUT2D eigenvalue weighted by molar-refractivity contribution is 5.82. The van der Waals surface area contributed by atoms with Crippen LogP contribution in [-0.2, 0) is 19.0 Å². The first kappa shape index (κ1) is 28.4. The standard InChI is InChI=1S/C33H28F3N3O4/c1-15-16(2)30(41)22(32-27(15)37-23-13-19(33(34,35)36)7-11-25(23)43-32)10-9-21-17(3)29(40)18(4)31-28(21)38-24-14-20(39(5)6)8-12-26(24)42-31/h7-8,11-14H,9-10H2,1-6H3. The SMILES string of the molecule is Cc1c2nc3cc(C(F)(F)F)ccc3oc-2c(CCc2c3nc4cc(N(C)C)ccc4oc-3c(C)c(=O)c2C)c(=O)c1C. The third-order valence-electron chi connectivity index (χ3n) is 8.26. The van der Waals surface area contributed by atoms with E-state index >= 15 is 0 Å². The van der Waals surface area contributed by atoms with Gasteiger partial charge in [-0.3, -0.25) is 9.59 Å². The van der Waals surface area contributed by atoms with Gasteiger partial charge in [0.2, 0.25) is 0 Å². The van der Waals surface area contributed by atoms with E-state index in [1.165, 1.54) is 6.07 Å². The van der Waals surface area contributed by atoms with E-state index in [9.17, 15) is 22.8 Å². The first-order valence-electron chi connectivity index (χ1n) is 13.7. The maximum Gasteiger partial charge on any atom is 0.416 e. The summed E-state index contributed by atoms with van der Waals surface area (Å²) in [5.41, 5.74) is 4.82. The van der Waals surface area contributed by atoms with Gasteiger partial charge in [-0.15, -0.1) is 0 Å². The van der Waals surface area contributed by atoms with Gasteiger partial charge in [-0.2, -0.15) is 13.2 Å². The Morgan fingerprint density at radius 3 is 1.98 bits per heavy atom. The van der Waals surface area contributed by atoms with Gasteiger partial charge in [0.15, 0.2) is 33.5 Å². The summed E-state index contributed by atoms with van der Waals surface area (Å²) >= 11 is 0. The lowest BCUT2D eigenvalue weighted by atomic mass is 9.90. The third kappa shape index (κ3) is 4.61. The quantitative estimate of drug-likeness (QED) is 0.205. The van der Waals surface area contributed by atoms with Gasteiger partial charge in [0.05, 0.1) is 5.56 Å². The van der Waals surface area contributed by atoms with Crippen LogP contribution in [0.3, 0.4) is 0 Å². The summed E-state index contributed by atoms with van der Waals surface area (Å²) in [4.78, 5) is 38.2. The molecule has 0 saturated heterocycles. The molecule has 0 amide bonds. The molecule has 2 aliphatic carbocycles. The van der Waals surface area contributed by atoms with E-state index in [0.717, 1.165) is 17.8 Å². The summed E-state index contributed by atoms with van der Waals surface area (Å²) in [5, 5.41) is 0. The van der Waals surface area contributed by atoms with E-state index in [4.69, 9.17) is 13.8 Å². The van der Waals surface area contributed by atoms with Gasteiger partial charge in [0.25, 0.3) is 0 Å². The number of benzene rings is 4. The molecule has 4 aliphatic rings. The van der Waals surface area contributed by atoms with Gasteiger partial charge in [0, 0.05) is 42.0 Å². The van der Waals surface area contributed by atoms with Crippen molar-refractivity contribution in [3.63, 3.8) is 0 Å². The van der Waals surface area contributed by atoms with E-state index in [-0.39, 0.29) is 40.6 Å². The first-order chi connectivity index (χ1) is 20.3. The van der Waals surface area contributed by atoms with Crippen molar-refractivity contribution in [2.24, 2.45) is 0 Å². The molecule has 0 bridgehead atoms. The zero-order valence-corrected chi connectivity index (χ0v) is 24.5. The van der Waals surface area contributed by atoms with Gasteiger partial charge in [-0.25, -0.2) is 9.97 Å². The summed E-state index contributed by atoms with van der Waals surface area (Å²) in [5.74, 6) is 0.608. The van der Waals surface area contributed by atoms with Crippen LogP contribution < -0.4 is 15.8 Å². The maximum absolute atomic E-state index is 13.6. The summed E-state index contributed by atoms with van der Waals surface area (Å²) in [7, 11) is 3.85. The number of hydrogen-bond acceptors (Lipinski definition) is 7. The number of alkyl halides is 3. The van der Waals surface area contributed by atoms with Gasteiger partial charge in [0.1, 0.15) is 22.4 Å². The third-order valence-corrected chi connectivity index (χ3v) is 8.26. The van der Waals surface area contributed by atoms with Crippen LogP contribution in [0.5, 0.6) is 0 Å². The number of anilines is 1. The van der Waals surface area contributed by atoms with Crippen molar-refractivity contribution in [1.29, 1.82) is 0 Å². The Morgan fingerprint density at radius 2 is 1.30 bits per heavy atom. The average Bonchev–Trinajstić information content (AvgIpc) is 2.97. The second kappa shape index (κ2) is 9.93. The van der Waals surface area contributed by atoms with Crippen LogP contribution in [0.4, 0.5) is 18.9 Å². The number of rotatable bonds is 4. The van der Waals surface area contributed by atoms with Crippen LogP contribution in [0.2, 0.25) is 0 Å². The fourth-order valence-electron chi connectivity index (χ4n) is 5.56. The summed E-state index contributed by atoms with van der Waals surface area (Å²) in [6.07, 6.45) is -4.08. The molecule has 0 spiro atoms. The van der Waals surface area contributed by atoms with E-state index in [1.54, 1.807) is 27.7 Å². The molecule has 2 aliphatic heterocycles. The molecule has 2 aromatic carbocycles. The van der Waals surface area contributed by atoms with E-state index < -0.39 is 11.7 Å². The van der Waals surface area contributed by atoms with Crippen LogP contribution in [0, 0.1) is 27.7 Å². The van der Waals surface area contributed by atoms with Crippen LogP contribution in [0.15, 0.2) is 54.8 Å². The molecule has 2 aromatic rings. The Morgan fingerprint density at radius 1 is 0.698 bits per heavy atom. The summed E-state index contributed by atoms with van der Waals surface area (Å²) in [6, 6.07) is 8.72. The molecule has 6 rings (SSSR count). The Bertz CT molecular complexity index is 2140. The molecular formula is C33H28F3N3O4. The largest absolute Gasteiger partial charge is 0.452 e. The molecule has 220 valence electrons. The fraction of sp³-hybridized carbons (Fsp3) is 0.273. The second-order valence-corrected chi connectivity index (χ2v) is 11.1. The fourth-order valence-corrected chi connectivity index (χ4v) is 5.56. The van der Waals surface area contributed by atoms with Crippen molar-refractivity contribution in [3.8, 4) is 22.9 Å². The number of nitrogens with zero attached hydrogens (tertiary/aromatic N) is 3. The first-order valence-corrected chi connectivity index (χ1v) is 13.7. The minimum Gasteiger partial charge on any atom is -0.452 e. The monoisotopic (exact) mass is 587 g/mol. The Kier molecular flexibility index (Phi) is 6.56. The molecule has 0 fully saturated rings. The smallest absolute Gasteiger partial charge is 0.416 e. The van der Waals surface area contributed by atoms with Crippen molar-refractivity contribution in [1.82, 2.24) is 9.97 Å². The molecule has 2 heterocycles. The normalized spacial score (nSPS) is 12.2. The van der Waals surface area contributed by atoms with Crippen molar-refractivity contribution in [2.45, 2.75) is 46.7 Å². The highest BCUT2D eigenvalue weighted by atomic mass is 19.4. The topological polar surface area (TPSA) is 89.4 Å². The molecule has 0 unspecified atom stereocenters. The predicted octanol–water partition coefficient (Wildman–Crippen LogP) is 7.00. The highest BCUT2D eigenvalue weighted by Crippen LogP contribution is 2.37. The van der Waals surface area contributed by atoms with Crippen LogP contribution in [-0.4, -0.2) is 24.1 Å². The van der Waals surface area contributed by atoms with Gasteiger partial charge < -0.3 is 13.7 Å². The number of aromatic nitrogens is 2. The lowest BCUT2D eigenvalue weighted by molar-refractivity contribution is -0.137. The highest BCUT2D eigenvalue weighted by Gasteiger charge is 2.32. The Balaban J connectivity index is 1.52. The number of hydrogen-bond donors (Lipinski definition) is 0. The van der Waals surface area contributed by atoms with Crippen molar-refractivity contribution >= 4 is 27.9 Å². The average molecular weight is 588 g/mol. The Labute approximate surface area is 244 Å². The van der Waals surface area contributed by atoms with Crippen molar-refractivity contribution in [3.05, 3.63) is 95.8 Å². The molecule has 0 radical (unpaired) electrons. The lowest BCUT2D eigenvalue weighted by Gasteiger charge is -2.19. The van der Waals surface area contributed by atoms with E-state index in [1.807, 2.05) is 37.2 Å². The maximum atomic E-state index is 13.6. The molecule has 7 nitrogen and oxygen atoms in total. The summed E-state index contributed by atoms with van der Waals surface area (Å²) in [6.45, 7) is 6.81. The minimum absolute atomic E-state index is 0.0422. The van der Waals surface area contributed by atoms with E-state index in [0.29, 0.717) is 61.6 Å². The van der Waals surface area contributed by atoms with Crippen LogP contribution >= 0.6 is 0 Å². The number of halogens is 3. The predicted molar refractivity (Wildman–Crippen MR) is 159 cm³/mol. The van der Waals surface area contributed by atoms with E-state index in [2.05, 4.69) is 4.98 Å². The molecule has 0 atom stereocenters. The van der Waals surface area contributed by atoms with Crippen LogP contribution in [0.1, 0.15) is 38.9 Å². The molecule has 0 N–H and O–H groups in total. The molecule has 0 aromatic heterocycles. The minimum atomic E-state index is -4.53. The Hall–Kier alpha value is -4.73. The zero-order chi connectivity index (χ0) is 31.0.